The number of hydrogen-bond acceptors (Lipinski definition) is 3. The SMILES string of the molecule is CCCNC(=NCC(O)c1ccc(OC)cc1)NCC. The van der Waals surface area contributed by atoms with E-state index in [9.17, 15) is 5.11 Å². The van der Waals surface area contributed by atoms with E-state index in [0.717, 1.165) is 36.8 Å². The van der Waals surface area contributed by atoms with E-state index in [4.69, 9.17) is 4.74 Å². The van der Waals surface area contributed by atoms with Gasteiger partial charge in [-0.15, -0.1) is 0 Å². The number of aliphatic hydroxyl groups is 1. The standard InChI is InChI=1S/C15H25N3O2/c1-4-10-17-15(16-5-2)18-11-14(19)12-6-8-13(20-3)9-7-12/h6-9,14,19H,4-5,10-11H2,1-3H3,(H2,16,17,18). The third kappa shape index (κ3) is 5.48. The topological polar surface area (TPSA) is 65.9 Å². The van der Waals surface area contributed by atoms with Crippen molar-refractivity contribution in [2.45, 2.75) is 26.4 Å². The third-order valence-corrected chi connectivity index (χ3v) is 2.81. The highest BCUT2D eigenvalue weighted by Crippen LogP contribution is 2.17. The van der Waals surface area contributed by atoms with E-state index in [1.54, 1.807) is 7.11 Å². The summed E-state index contributed by atoms with van der Waals surface area (Å²) in [6.07, 6.45) is 0.420. The van der Waals surface area contributed by atoms with E-state index < -0.39 is 6.10 Å². The lowest BCUT2D eigenvalue weighted by molar-refractivity contribution is 0.187. The van der Waals surface area contributed by atoms with Gasteiger partial charge in [0.2, 0.25) is 0 Å². The molecular weight excluding hydrogens is 254 g/mol. The van der Waals surface area contributed by atoms with E-state index in [0.29, 0.717) is 6.54 Å². The zero-order valence-electron chi connectivity index (χ0n) is 12.5. The minimum absolute atomic E-state index is 0.325. The molecule has 0 amide bonds. The van der Waals surface area contributed by atoms with Gasteiger partial charge in [0.15, 0.2) is 5.96 Å². The predicted molar refractivity (Wildman–Crippen MR) is 82.2 cm³/mol. The zero-order valence-corrected chi connectivity index (χ0v) is 12.5. The molecule has 0 fully saturated rings. The molecule has 0 aliphatic rings. The molecular formula is C15H25N3O2. The van der Waals surface area contributed by atoms with Crippen LogP contribution in [0.2, 0.25) is 0 Å². The van der Waals surface area contributed by atoms with E-state index in [-0.39, 0.29) is 0 Å². The van der Waals surface area contributed by atoms with Gasteiger partial charge in [-0.1, -0.05) is 19.1 Å². The Morgan fingerprint density at radius 2 is 1.95 bits per heavy atom. The van der Waals surface area contributed by atoms with Crippen molar-refractivity contribution < 1.29 is 9.84 Å². The van der Waals surface area contributed by atoms with Gasteiger partial charge in [-0.05, 0) is 31.0 Å². The monoisotopic (exact) mass is 279 g/mol. The smallest absolute Gasteiger partial charge is 0.191 e. The summed E-state index contributed by atoms with van der Waals surface area (Å²) in [7, 11) is 1.62. The number of aliphatic hydroxyl groups excluding tert-OH is 1. The van der Waals surface area contributed by atoms with Gasteiger partial charge in [0.05, 0.1) is 19.8 Å². The van der Waals surface area contributed by atoms with Crippen molar-refractivity contribution in [2.75, 3.05) is 26.7 Å². The summed E-state index contributed by atoms with van der Waals surface area (Å²) in [6, 6.07) is 7.38. The van der Waals surface area contributed by atoms with Crippen molar-refractivity contribution in [3.63, 3.8) is 0 Å². The fraction of sp³-hybridized carbons (Fsp3) is 0.533. The van der Waals surface area contributed by atoms with Crippen LogP contribution in [0.25, 0.3) is 0 Å². The number of hydrogen-bond donors (Lipinski definition) is 3. The van der Waals surface area contributed by atoms with E-state index >= 15 is 0 Å². The molecule has 0 aromatic heterocycles. The molecule has 1 unspecified atom stereocenters. The van der Waals surface area contributed by atoms with E-state index in [2.05, 4.69) is 22.5 Å². The first-order chi connectivity index (χ1) is 9.71. The number of aliphatic imine (C=N–C) groups is 1. The molecule has 20 heavy (non-hydrogen) atoms. The summed E-state index contributed by atoms with van der Waals surface area (Å²) in [5.74, 6) is 1.52. The molecule has 0 radical (unpaired) electrons. The molecule has 0 heterocycles. The van der Waals surface area contributed by atoms with Crippen LogP contribution in [0.1, 0.15) is 31.9 Å². The maximum atomic E-state index is 10.1. The molecule has 1 aromatic rings. The lowest BCUT2D eigenvalue weighted by Gasteiger charge is -2.13. The first-order valence-electron chi connectivity index (χ1n) is 7.05. The quantitative estimate of drug-likeness (QED) is 0.525. The fourth-order valence-corrected chi connectivity index (χ4v) is 1.69. The molecule has 0 aliphatic carbocycles. The number of methoxy groups -OCH3 is 1. The van der Waals surface area contributed by atoms with Crippen molar-refractivity contribution in [1.82, 2.24) is 10.6 Å². The van der Waals surface area contributed by atoms with Gasteiger partial charge in [0.1, 0.15) is 5.75 Å². The fourth-order valence-electron chi connectivity index (χ4n) is 1.69. The average Bonchev–Trinajstić information content (AvgIpc) is 2.49. The minimum Gasteiger partial charge on any atom is -0.497 e. The highest BCUT2D eigenvalue weighted by Gasteiger charge is 2.07. The molecule has 112 valence electrons. The van der Waals surface area contributed by atoms with Gasteiger partial charge in [-0.2, -0.15) is 0 Å². The summed E-state index contributed by atoms with van der Waals surface area (Å²) in [5, 5.41) is 16.5. The largest absolute Gasteiger partial charge is 0.497 e. The predicted octanol–water partition coefficient (Wildman–Crippen LogP) is 1.69. The number of rotatable bonds is 7. The summed E-state index contributed by atoms with van der Waals surface area (Å²) in [5.41, 5.74) is 0.834. The van der Waals surface area contributed by atoms with Crippen LogP contribution in [0.4, 0.5) is 0 Å². The Kier molecular flexibility index (Phi) is 7.50. The van der Waals surface area contributed by atoms with E-state index in [1.165, 1.54) is 0 Å². The average molecular weight is 279 g/mol. The van der Waals surface area contributed by atoms with Crippen LogP contribution in [0.15, 0.2) is 29.3 Å². The molecule has 3 N–H and O–H groups in total. The minimum atomic E-state index is -0.613. The molecule has 0 saturated carbocycles. The number of nitrogens with zero attached hydrogens (tertiary/aromatic N) is 1. The molecule has 0 spiro atoms. The first-order valence-corrected chi connectivity index (χ1v) is 7.05. The molecule has 0 saturated heterocycles. The Morgan fingerprint density at radius 1 is 1.25 bits per heavy atom. The lowest BCUT2D eigenvalue weighted by Crippen LogP contribution is -2.37. The van der Waals surface area contributed by atoms with Gasteiger partial charge in [-0.3, -0.25) is 4.99 Å². The van der Waals surface area contributed by atoms with Crippen LogP contribution < -0.4 is 15.4 Å². The second-order valence-electron chi connectivity index (χ2n) is 4.44. The van der Waals surface area contributed by atoms with Crippen molar-refractivity contribution in [3.8, 4) is 5.75 Å². The molecule has 0 aliphatic heterocycles. The zero-order chi connectivity index (χ0) is 14.8. The summed E-state index contributed by atoms with van der Waals surface area (Å²) >= 11 is 0. The summed E-state index contributed by atoms with van der Waals surface area (Å²) in [4.78, 5) is 4.38. The van der Waals surface area contributed by atoms with Crippen LogP contribution in [0.5, 0.6) is 5.75 Å². The summed E-state index contributed by atoms with van der Waals surface area (Å²) in [6.45, 7) is 6.11. The van der Waals surface area contributed by atoms with Gasteiger partial charge in [0.25, 0.3) is 0 Å². The van der Waals surface area contributed by atoms with Crippen LogP contribution in [0, 0.1) is 0 Å². The molecule has 0 bridgehead atoms. The van der Waals surface area contributed by atoms with Crippen LogP contribution in [-0.2, 0) is 0 Å². The molecule has 1 aromatic carbocycles. The Morgan fingerprint density at radius 3 is 2.50 bits per heavy atom. The van der Waals surface area contributed by atoms with Crippen LogP contribution in [0.3, 0.4) is 0 Å². The highest BCUT2D eigenvalue weighted by atomic mass is 16.5. The first kappa shape index (κ1) is 16.3. The maximum Gasteiger partial charge on any atom is 0.191 e. The van der Waals surface area contributed by atoms with E-state index in [1.807, 2.05) is 31.2 Å². The van der Waals surface area contributed by atoms with Crippen molar-refractivity contribution in [2.24, 2.45) is 4.99 Å². The third-order valence-electron chi connectivity index (χ3n) is 2.81. The van der Waals surface area contributed by atoms with Crippen LogP contribution in [-0.4, -0.2) is 37.8 Å². The highest BCUT2D eigenvalue weighted by molar-refractivity contribution is 5.79. The Bertz CT molecular complexity index is 404. The van der Waals surface area contributed by atoms with Gasteiger partial charge < -0.3 is 20.5 Å². The normalized spacial score (nSPS) is 12.9. The summed E-state index contributed by atoms with van der Waals surface area (Å²) < 4.78 is 5.09. The lowest BCUT2D eigenvalue weighted by atomic mass is 10.1. The molecule has 1 atom stereocenters. The maximum absolute atomic E-state index is 10.1. The Labute approximate surface area is 121 Å². The number of nitrogens with one attached hydrogen (secondary N) is 2. The van der Waals surface area contributed by atoms with Crippen molar-refractivity contribution >= 4 is 5.96 Å². The number of benzene rings is 1. The molecule has 1 rings (SSSR count). The second-order valence-corrected chi connectivity index (χ2v) is 4.44. The molecule has 5 heteroatoms. The van der Waals surface area contributed by atoms with Gasteiger partial charge in [0, 0.05) is 13.1 Å². The van der Waals surface area contributed by atoms with Crippen molar-refractivity contribution in [1.29, 1.82) is 0 Å². The Hall–Kier alpha value is -1.75. The van der Waals surface area contributed by atoms with Gasteiger partial charge in [-0.25, -0.2) is 0 Å². The number of guanidine groups is 1. The van der Waals surface area contributed by atoms with Crippen LogP contribution >= 0.6 is 0 Å². The van der Waals surface area contributed by atoms with Gasteiger partial charge >= 0.3 is 0 Å². The molecule has 5 nitrogen and oxygen atoms in total. The number of ether oxygens (including phenoxy) is 1. The van der Waals surface area contributed by atoms with Crippen molar-refractivity contribution in [3.05, 3.63) is 29.8 Å². The second kappa shape index (κ2) is 9.20. The Balaban J connectivity index is 2.59.